The molecule has 2 amide bonds. The quantitative estimate of drug-likeness (QED) is 0.301. The highest BCUT2D eigenvalue weighted by Gasteiger charge is 2.53. The van der Waals surface area contributed by atoms with Gasteiger partial charge in [0, 0.05) is 54.1 Å². The Balaban J connectivity index is 1.29. The number of aromatic nitrogens is 1. The van der Waals surface area contributed by atoms with E-state index in [1.807, 2.05) is 38.3 Å². The molecule has 3 aliphatic rings. The molecule has 0 saturated carbocycles. The highest BCUT2D eigenvalue weighted by molar-refractivity contribution is 7.14. The topological polar surface area (TPSA) is 144 Å². The SMILES string of the molecule is CN1CCN(c2nc(-c3ccc(C(=O)N[C@@H](CC(C)(C)C)C(=O)N4C[C@H](N=[N+]=[N-])[C@H]5OCC(=O)[C@H]54)cc3)cs2)CC1. The lowest BCUT2D eigenvalue weighted by Crippen LogP contribution is -2.53. The fraction of sp³-hybridized carbons (Fsp3) is 0.571. The number of azide groups is 1. The van der Waals surface area contributed by atoms with Crippen molar-refractivity contribution in [1.29, 1.82) is 0 Å². The first-order chi connectivity index (χ1) is 19.5. The number of ketones is 1. The van der Waals surface area contributed by atoms with Crippen LogP contribution in [-0.4, -0.2) is 103 Å². The van der Waals surface area contributed by atoms with Gasteiger partial charge in [-0.05, 0) is 36.5 Å². The molecule has 13 heteroatoms. The smallest absolute Gasteiger partial charge is 0.251 e. The van der Waals surface area contributed by atoms with Crippen LogP contribution in [0.15, 0.2) is 34.8 Å². The summed E-state index contributed by atoms with van der Waals surface area (Å²) in [6.07, 6.45) is -0.304. The minimum Gasteiger partial charge on any atom is -0.367 e. The van der Waals surface area contributed by atoms with Gasteiger partial charge in [0.1, 0.15) is 18.7 Å². The average Bonchev–Trinajstić information content (AvgIpc) is 3.66. The molecule has 0 aliphatic carbocycles. The summed E-state index contributed by atoms with van der Waals surface area (Å²) in [5.74, 6) is -0.992. The number of ether oxygens (including phenoxy) is 1. The van der Waals surface area contributed by atoms with E-state index in [-0.39, 0.29) is 36.2 Å². The Bertz CT molecular complexity index is 1340. The minimum absolute atomic E-state index is 0.0684. The van der Waals surface area contributed by atoms with Crippen LogP contribution < -0.4 is 10.2 Å². The average molecular weight is 581 g/mol. The molecule has 0 spiro atoms. The standard InChI is InChI=1S/C28H36N8O4S/c1-28(2,3)13-19(26(39)36-14-20(32-33-29)24-23(36)22(37)15-40-24)30-25(38)18-7-5-17(6-8-18)21-16-41-27(31-21)35-11-9-34(4)10-12-35/h5-8,16,19-20,23-24H,9-15H2,1-4H3,(H,30,38)/t19-,20-,23+,24+/m0/s1. The summed E-state index contributed by atoms with van der Waals surface area (Å²) in [6, 6.07) is 4.86. The molecular weight excluding hydrogens is 544 g/mol. The lowest BCUT2D eigenvalue weighted by molar-refractivity contribution is -0.138. The van der Waals surface area contributed by atoms with Crippen LogP contribution in [0.4, 0.5) is 5.13 Å². The number of fused-ring (bicyclic) bond motifs is 1. The molecule has 0 unspecified atom stereocenters. The molecule has 41 heavy (non-hydrogen) atoms. The number of likely N-dealkylation sites (N-methyl/N-ethyl adjacent to an activating group) is 1. The van der Waals surface area contributed by atoms with Gasteiger partial charge in [-0.25, -0.2) is 4.98 Å². The first-order valence-corrected chi connectivity index (χ1v) is 14.7. The van der Waals surface area contributed by atoms with Crippen LogP contribution >= 0.6 is 11.3 Å². The molecule has 1 N–H and O–H groups in total. The number of carbonyl (C=O) groups is 3. The van der Waals surface area contributed by atoms with Gasteiger partial charge in [0.05, 0.1) is 17.8 Å². The number of amides is 2. The summed E-state index contributed by atoms with van der Waals surface area (Å²) < 4.78 is 5.55. The fourth-order valence-corrected chi connectivity index (χ4v) is 6.50. The monoisotopic (exact) mass is 580 g/mol. The molecule has 3 aliphatic heterocycles. The summed E-state index contributed by atoms with van der Waals surface area (Å²) >= 11 is 1.62. The van der Waals surface area contributed by atoms with Crippen molar-refractivity contribution in [3.63, 3.8) is 0 Å². The van der Waals surface area contributed by atoms with Crippen molar-refractivity contribution in [2.24, 2.45) is 10.5 Å². The number of Topliss-reactive ketones (excluding diaryl/α,β-unsaturated/α-hetero) is 1. The predicted octanol–water partition coefficient (Wildman–Crippen LogP) is 2.95. The first kappa shape index (κ1) is 29.0. The number of carbonyl (C=O) groups excluding carboxylic acids is 3. The van der Waals surface area contributed by atoms with Gasteiger partial charge in [-0.1, -0.05) is 38.0 Å². The number of piperazine rings is 1. The Hall–Kier alpha value is -3.51. The molecule has 5 rings (SSSR count). The van der Waals surface area contributed by atoms with Gasteiger partial charge in [0.2, 0.25) is 5.91 Å². The molecule has 3 fully saturated rings. The van der Waals surface area contributed by atoms with Crippen molar-refractivity contribution < 1.29 is 19.1 Å². The van der Waals surface area contributed by atoms with Crippen molar-refractivity contribution >= 4 is 34.1 Å². The zero-order chi connectivity index (χ0) is 29.3. The first-order valence-electron chi connectivity index (χ1n) is 13.8. The van der Waals surface area contributed by atoms with E-state index in [2.05, 4.69) is 32.2 Å². The summed E-state index contributed by atoms with van der Waals surface area (Å²) in [5.41, 5.74) is 10.9. The zero-order valence-electron chi connectivity index (χ0n) is 23.8. The molecule has 12 nitrogen and oxygen atoms in total. The second-order valence-electron chi connectivity index (χ2n) is 12.1. The minimum atomic E-state index is -0.870. The molecule has 4 atom stereocenters. The van der Waals surface area contributed by atoms with Crippen molar-refractivity contribution in [2.45, 2.75) is 51.4 Å². The number of anilines is 1. The fourth-order valence-electron chi connectivity index (χ4n) is 5.61. The molecule has 3 saturated heterocycles. The second-order valence-corrected chi connectivity index (χ2v) is 13.0. The number of benzene rings is 1. The summed E-state index contributed by atoms with van der Waals surface area (Å²) in [7, 11) is 2.12. The molecule has 0 bridgehead atoms. The number of nitrogens with zero attached hydrogens (tertiary/aromatic N) is 7. The van der Waals surface area contributed by atoms with Crippen molar-refractivity contribution in [3.8, 4) is 11.3 Å². The van der Waals surface area contributed by atoms with E-state index in [1.54, 1.807) is 23.5 Å². The van der Waals surface area contributed by atoms with Crippen LogP contribution in [-0.2, 0) is 14.3 Å². The third kappa shape index (κ3) is 6.38. The molecule has 1 aromatic carbocycles. The van der Waals surface area contributed by atoms with E-state index < -0.39 is 24.2 Å². The van der Waals surface area contributed by atoms with Crippen molar-refractivity contribution in [2.75, 3.05) is 51.3 Å². The molecule has 2 aromatic rings. The number of hydrogen-bond donors (Lipinski definition) is 1. The number of rotatable bonds is 7. The Morgan fingerprint density at radius 1 is 1.22 bits per heavy atom. The van der Waals surface area contributed by atoms with Gasteiger partial charge >= 0.3 is 0 Å². The van der Waals surface area contributed by atoms with Crippen molar-refractivity contribution in [3.05, 3.63) is 45.7 Å². The van der Waals surface area contributed by atoms with E-state index in [1.165, 1.54) is 4.90 Å². The van der Waals surface area contributed by atoms with E-state index >= 15 is 0 Å². The largest absolute Gasteiger partial charge is 0.367 e. The maximum Gasteiger partial charge on any atom is 0.251 e. The van der Waals surface area contributed by atoms with Gasteiger partial charge in [-0.2, -0.15) is 0 Å². The normalized spacial score (nSPS) is 23.7. The molecule has 1 aromatic heterocycles. The maximum absolute atomic E-state index is 13.8. The summed E-state index contributed by atoms with van der Waals surface area (Å²) in [5, 5.41) is 9.69. The van der Waals surface area contributed by atoms with Gasteiger partial charge in [-0.3, -0.25) is 14.4 Å². The number of thiazole rings is 1. The lowest BCUT2D eigenvalue weighted by Gasteiger charge is -2.32. The number of nitrogens with one attached hydrogen (secondary N) is 1. The number of likely N-dealkylation sites (tertiary alicyclic amines) is 1. The van der Waals surface area contributed by atoms with E-state index in [0.29, 0.717) is 12.0 Å². The van der Waals surface area contributed by atoms with E-state index in [0.717, 1.165) is 42.6 Å². The molecule has 0 radical (unpaired) electrons. The lowest BCUT2D eigenvalue weighted by atomic mass is 9.87. The van der Waals surface area contributed by atoms with Crippen LogP contribution in [0.25, 0.3) is 21.7 Å². The second kappa shape index (κ2) is 11.8. The predicted molar refractivity (Wildman–Crippen MR) is 156 cm³/mol. The van der Waals surface area contributed by atoms with Crippen LogP contribution in [0.5, 0.6) is 0 Å². The zero-order valence-corrected chi connectivity index (χ0v) is 24.6. The third-order valence-electron chi connectivity index (χ3n) is 7.77. The molecule has 218 valence electrons. The summed E-state index contributed by atoms with van der Waals surface area (Å²) in [4.78, 5) is 53.4. The molecule has 4 heterocycles. The van der Waals surface area contributed by atoms with E-state index in [4.69, 9.17) is 15.3 Å². The van der Waals surface area contributed by atoms with Gasteiger partial charge < -0.3 is 24.8 Å². The van der Waals surface area contributed by atoms with Crippen LogP contribution in [0, 0.1) is 5.41 Å². The molecular formula is C28H36N8O4S. The van der Waals surface area contributed by atoms with Crippen LogP contribution in [0.2, 0.25) is 0 Å². The van der Waals surface area contributed by atoms with Gasteiger partial charge in [0.15, 0.2) is 10.9 Å². The van der Waals surface area contributed by atoms with Crippen LogP contribution in [0.1, 0.15) is 37.6 Å². The maximum atomic E-state index is 13.8. The van der Waals surface area contributed by atoms with Gasteiger partial charge in [-0.15, -0.1) is 11.3 Å². The Kier molecular flexibility index (Phi) is 8.32. The highest BCUT2D eigenvalue weighted by atomic mass is 32.1. The summed E-state index contributed by atoms with van der Waals surface area (Å²) in [6.45, 7) is 9.80. The van der Waals surface area contributed by atoms with Gasteiger partial charge in [0.25, 0.3) is 5.91 Å². The Labute approximate surface area is 243 Å². The van der Waals surface area contributed by atoms with E-state index in [9.17, 15) is 14.4 Å². The van der Waals surface area contributed by atoms with Crippen molar-refractivity contribution in [1.82, 2.24) is 20.1 Å². The highest BCUT2D eigenvalue weighted by Crippen LogP contribution is 2.32. The Morgan fingerprint density at radius 3 is 2.59 bits per heavy atom. The third-order valence-corrected chi connectivity index (χ3v) is 8.67. The Morgan fingerprint density at radius 2 is 1.93 bits per heavy atom. The number of hydrogen-bond acceptors (Lipinski definition) is 9. The van der Waals surface area contributed by atoms with Crippen LogP contribution in [0.3, 0.4) is 0 Å².